The molecule has 1 aromatic carbocycles. The number of nitrogens with one attached hydrogen (secondary N) is 1. The van der Waals surface area contributed by atoms with Crippen LogP contribution in [0.4, 0.5) is 0 Å². The molecule has 1 unspecified atom stereocenters. The second-order valence-electron chi connectivity index (χ2n) is 4.96. The molecular weight excluding hydrogens is 228 g/mol. The van der Waals surface area contributed by atoms with Crippen LogP contribution in [0.2, 0.25) is 0 Å². The molecule has 0 aromatic heterocycles. The molecule has 0 aliphatic heterocycles. The summed E-state index contributed by atoms with van der Waals surface area (Å²) in [6.45, 7) is 0.432. The molecule has 0 spiro atoms. The Labute approximate surface area is 108 Å². The van der Waals surface area contributed by atoms with Gasteiger partial charge >= 0.3 is 0 Å². The van der Waals surface area contributed by atoms with Gasteiger partial charge < -0.3 is 5.32 Å². The summed E-state index contributed by atoms with van der Waals surface area (Å²) in [5.41, 5.74) is 0.783. The van der Waals surface area contributed by atoms with E-state index in [1.165, 1.54) is 19.3 Å². The van der Waals surface area contributed by atoms with E-state index in [1.807, 2.05) is 30.3 Å². The minimum atomic E-state index is -0.631. The number of nitro groups is 1. The van der Waals surface area contributed by atoms with Gasteiger partial charge in [-0.25, -0.2) is 0 Å². The molecule has 0 amide bonds. The van der Waals surface area contributed by atoms with Gasteiger partial charge in [-0.1, -0.05) is 49.6 Å². The summed E-state index contributed by atoms with van der Waals surface area (Å²) in [6.07, 6.45) is 6.09. The van der Waals surface area contributed by atoms with E-state index < -0.39 is 6.04 Å². The van der Waals surface area contributed by atoms with Crippen molar-refractivity contribution in [2.24, 2.45) is 0 Å². The highest BCUT2D eigenvalue weighted by molar-refractivity contribution is 5.17. The molecule has 1 aliphatic carbocycles. The van der Waals surface area contributed by atoms with Crippen molar-refractivity contribution in [3.8, 4) is 0 Å². The van der Waals surface area contributed by atoms with Crippen LogP contribution in [0, 0.1) is 10.1 Å². The first-order chi connectivity index (χ1) is 8.77. The van der Waals surface area contributed by atoms with Crippen molar-refractivity contribution in [3.63, 3.8) is 0 Å². The van der Waals surface area contributed by atoms with Gasteiger partial charge in [-0.2, -0.15) is 0 Å². The van der Waals surface area contributed by atoms with Crippen LogP contribution in [0.15, 0.2) is 30.3 Å². The van der Waals surface area contributed by atoms with Gasteiger partial charge in [0.1, 0.15) is 0 Å². The SMILES string of the molecule is O=[N+]([O-])C(CNC1CCCCC1)c1ccccc1. The molecule has 1 atom stereocenters. The van der Waals surface area contributed by atoms with Gasteiger partial charge in [-0.15, -0.1) is 0 Å². The van der Waals surface area contributed by atoms with E-state index in [0.29, 0.717) is 12.6 Å². The molecule has 0 saturated heterocycles. The Bertz CT molecular complexity index is 375. The first-order valence-electron chi connectivity index (χ1n) is 6.69. The Hall–Kier alpha value is -1.42. The van der Waals surface area contributed by atoms with Gasteiger partial charge in [0, 0.05) is 16.5 Å². The fraction of sp³-hybridized carbons (Fsp3) is 0.571. The average molecular weight is 248 g/mol. The quantitative estimate of drug-likeness (QED) is 0.644. The van der Waals surface area contributed by atoms with E-state index in [-0.39, 0.29) is 4.92 Å². The highest BCUT2D eigenvalue weighted by atomic mass is 16.6. The number of nitrogens with zero attached hydrogens (tertiary/aromatic N) is 1. The van der Waals surface area contributed by atoms with Crippen molar-refractivity contribution >= 4 is 0 Å². The van der Waals surface area contributed by atoms with E-state index >= 15 is 0 Å². The summed E-state index contributed by atoms with van der Waals surface area (Å²) in [7, 11) is 0. The first-order valence-corrected chi connectivity index (χ1v) is 6.69. The second-order valence-corrected chi connectivity index (χ2v) is 4.96. The smallest absolute Gasteiger partial charge is 0.250 e. The maximum absolute atomic E-state index is 11.1. The lowest BCUT2D eigenvalue weighted by Crippen LogP contribution is -2.36. The van der Waals surface area contributed by atoms with Gasteiger partial charge in [0.25, 0.3) is 0 Å². The Morgan fingerprint density at radius 3 is 2.50 bits per heavy atom. The van der Waals surface area contributed by atoms with Crippen LogP contribution in [0.3, 0.4) is 0 Å². The molecule has 4 heteroatoms. The third kappa shape index (κ3) is 3.53. The predicted octanol–water partition coefficient (Wildman–Crippen LogP) is 2.93. The Morgan fingerprint density at radius 2 is 1.89 bits per heavy atom. The summed E-state index contributed by atoms with van der Waals surface area (Å²) in [4.78, 5) is 10.9. The maximum atomic E-state index is 11.1. The molecule has 1 N–H and O–H groups in total. The van der Waals surface area contributed by atoms with Gasteiger partial charge in [0.2, 0.25) is 6.04 Å². The molecular formula is C14H20N2O2. The number of hydrogen-bond donors (Lipinski definition) is 1. The van der Waals surface area contributed by atoms with Crippen LogP contribution in [0.5, 0.6) is 0 Å². The lowest BCUT2D eigenvalue weighted by molar-refractivity contribution is -0.527. The van der Waals surface area contributed by atoms with Crippen LogP contribution < -0.4 is 5.32 Å². The van der Waals surface area contributed by atoms with E-state index in [4.69, 9.17) is 0 Å². The van der Waals surface area contributed by atoms with Crippen LogP contribution in [-0.2, 0) is 0 Å². The third-order valence-electron chi connectivity index (χ3n) is 3.64. The lowest BCUT2D eigenvalue weighted by atomic mass is 9.95. The number of benzene rings is 1. The van der Waals surface area contributed by atoms with Crippen LogP contribution in [-0.4, -0.2) is 17.5 Å². The van der Waals surface area contributed by atoms with Crippen molar-refractivity contribution in [2.45, 2.75) is 44.2 Å². The van der Waals surface area contributed by atoms with Crippen molar-refractivity contribution in [1.29, 1.82) is 0 Å². The Balaban J connectivity index is 1.92. The number of rotatable bonds is 5. The average Bonchev–Trinajstić information content (AvgIpc) is 2.41. The minimum Gasteiger partial charge on any atom is -0.307 e. The van der Waals surface area contributed by atoms with E-state index in [0.717, 1.165) is 18.4 Å². The molecule has 2 rings (SSSR count). The van der Waals surface area contributed by atoms with Crippen molar-refractivity contribution < 1.29 is 4.92 Å². The summed E-state index contributed by atoms with van der Waals surface area (Å²) in [6, 6.07) is 9.08. The molecule has 1 aliphatic rings. The summed E-state index contributed by atoms with van der Waals surface area (Å²) >= 11 is 0. The normalized spacial score (nSPS) is 18.4. The van der Waals surface area contributed by atoms with Crippen LogP contribution in [0.25, 0.3) is 0 Å². The molecule has 1 aromatic rings. The monoisotopic (exact) mass is 248 g/mol. The van der Waals surface area contributed by atoms with Gasteiger partial charge in [0.15, 0.2) is 0 Å². The summed E-state index contributed by atoms with van der Waals surface area (Å²) in [5.74, 6) is 0. The standard InChI is InChI=1S/C14H20N2O2/c17-16(18)14(12-7-3-1-4-8-12)11-15-13-9-5-2-6-10-13/h1,3-4,7-8,13-15H,2,5-6,9-11H2. The lowest BCUT2D eigenvalue weighted by Gasteiger charge is -2.23. The fourth-order valence-electron chi connectivity index (χ4n) is 2.57. The molecule has 0 heterocycles. The molecule has 1 fully saturated rings. The topological polar surface area (TPSA) is 55.2 Å². The first kappa shape index (κ1) is 13.0. The van der Waals surface area contributed by atoms with E-state index in [1.54, 1.807) is 0 Å². The summed E-state index contributed by atoms with van der Waals surface area (Å²) in [5, 5.41) is 14.5. The zero-order valence-electron chi connectivity index (χ0n) is 10.5. The van der Waals surface area contributed by atoms with Crippen molar-refractivity contribution in [1.82, 2.24) is 5.32 Å². The van der Waals surface area contributed by atoms with E-state index in [9.17, 15) is 10.1 Å². The Kier molecular flexibility index (Phi) is 4.70. The van der Waals surface area contributed by atoms with Gasteiger partial charge in [-0.3, -0.25) is 10.1 Å². The van der Waals surface area contributed by atoms with Crippen LogP contribution >= 0.6 is 0 Å². The van der Waals surface area contributed by atoms with Crippen LogP contribution in [0.1, 0.15) is 43.7 Å². The second kappa shape index (κ2) is 6.50. The molecule has 0 radical (unpaired) electrons. The molecule has 1 saturated carbocycles. The largest absolute Gasteiger partial charge is 0.307 e. The fourth-order valence-corrected chi connectivity index (χ4v) is 2.57. The molecule has 0 bridgehead atoms. The molecule has 18 heavy (non-hydrogen) atoms. The zero-order valence-corrected chi connectivity index (χ0v) is 10.5. The molecule has 4 nitrogen and oxygen atoms in total. The predicted molar refractivity (Wildman–Crippen MR) is 71.1 cm³/mol. The highest BCUT2D eigenvalue weighted by Crippen LogP contribution is 2.20. The van der Waals surface area contributed by atoms with Crippen molar-refractivity contribution in [2.75, 3.05) is 6.54 Å². The van der Waals surface area contributed by atoms with E-state index in [2.05, 4.69) is 5.32 Å². The Morgan fingerprint density at radius 1 is 1.22 bits per heavy atom. The maximum Gasteiger partial charge on any atom is 0.250 e. The van der Waals surface area contributed by atoms with Gasteiger partial charge in [0.05, 0.1) is 6.54 Å². The highest BCUT2D eigenvalue weighted by Gasteiger charge is 2.24. The summed E-state index contributed by atoms with van der Waals surface area (Å²) < 4.78 is 0. The molecule has 98 valence electrons. The van der Waals surface area contributed by atoms with Crippen molar-refractivity contribution in [3.05, 3.63) is 46.0 Å². The third-order valence-corrected chi connectivity index (χ3v) is 3.64. The van der Waals surface area contributed by atoms with Gasteiger partial charge in [-0.05, 0) is 12.8 Å². The minimum absolute atomic E-state index is 0.189. The number of hydrogen-bond acceptors (Lipinski definition) is 3. The zero-order chi connectivity index (χ0) is 12.8.